The first-order valence-corrected chi connectivity index (χ1v) is 6.40. The van der Waals surface area contributed by atoms with Crippen LogP contribution in [0.25, 0.3) is 11.4 Å². The van der Waals surface area contributed by atoms with Crippen LogP contribution in [-0.4, -0.2) is 27.7 Å². The summed E-state index contributed by atoms with van der Waals surface area (Å²) in [7, 11) is 3.38. The molecule has 2 rings (SSSR count). The molecule has 0 saturated carbocycles. The summed E-state index contributed by atoms with van der Waals surface area (Å²) >= 11 is 3.30. The highest BCUT2D eigenvalue weighted by atomic mass is 79.9. The first-order valence-electron chi connectivity index (χ1n) is 5.61. The SMILES string of the molecule is COc1ccccc1-c1nc(Br)c(CC(=O)O)n1C. The van der Waals surface area contributed by atoms with Crippen molar-refractivity contribution in [3.8, 4) is 17.1 Å². The van der Waals surface area contributed by atoms with E-state index in [0.717, 1.165) is 5.56 Å². The van der Waals surface area contributed by atoms with Gasteiger partial charge in [0.1, 0.15) is 16.2 Å². The molecule has 1 heterocycles. The smallest absolute Gasteiger partial charge is 0.309 e. The minimum absolute atomic E-state index is 0.0841. The van der Waals surface area contributed by atoms with Gasteiger partial charge in [-0.15, -0.1) is 0 Å². The van der Waals surface area contributed by atoms with E-state index in [-0.39, 0.29) is 6.42 Å². The number of carboxylic acid groups (broad SMARTS) is 1. The van der Waals surface area contributed by atoms with Crippen LogP contribution in [0.3, 0.4) is 0 Å². The van der Waals surface area contributed by atoms with Gasteiger partial charge < -0.3 is 14.4 Å². The van der Waals surface area contributed by atoms with Gasteiger partial charge in [-0.25, -0.2) is 4.98 Å². The predicted molar refractivity (Wildman–Crippen MR) is 74.2 cm³/mol. The van der Waals surface area contributed by atoms with Gasteiger partial charge in [-0.05, 0) is 28.1 Å². The van der Waals surface area contributed by atoms with Crippen LogP contribution >= 0.6 is 15.9 Å². The number of carboxylic acids is 1. The van der Waals surface area contributed by atoms with E-state index in [1.54, 1.807) is 18.7 Å². The van der Waals surface area contributed by atoms with Crippen LogP contribution in [0.15, 0.2) is 28.9 Å². The number of benzene rings is 1. The summed E-state index contributed by atoms with van der Waals surface area (Å²) in [6, 6.07) is 7.49. The molecule has 0 fully saturated rings. The summed E-state index contributed by atoms with van der Waals surface area (Å²) < 4.78 is 7.60. The van der Waals surface area contributed by atoms with Crippen molar-refractivity contribution in [2.45, 2.75) is 6.42 Å². The first kappa shape index (κ1) is 13.6. The van der Waals surface area contributed by atoms with Gasteiger partial charge in [0.15, 0.2) is 0 Å². The predicted octanol–water partition coefficient (Wildman–Crippen LogP) is 2.49. The molecular weight excluding hydrogens is 312 g/mol. The van der Waals surface area contributed by atoms with Gasteiger partial charge in [0.2, 0.25) is 0 Å². The lowest BCUT2D eigenvalue weighted by Crippen LogP contribution is -2.06. The number of rotatable bonds is 4. The maximum Gasteiger partial charge on any atom is 0.309 e. The molecule has 0 aliphatic carbocycles. The van der Waals surface area contributed by atoms with Crippen molar-refractivity contribution in [2.24, 2.45) is 7.05 Å². The van der Waals surface area contributed by atoms with Crippen LogP contribution in [0.2, 0.25) is 0 Å². The molecule has 0 aliphatic rings. The van der Waals surface area contributed by atoms with Crippen molar-refractivity contribution in [3.05, 3.63) is 34.6 Å². The molecule has 0 unspecified atom stereocenters. The van der Waals surface area contributed by atoms with Gasteiger partial charge in [-0.3, -0.25) is 4.79 Å². The third kappa shape index (κ3) is 2.63. The van der Waals surface area contributed by atoms with Crippen LogP contribution in [0.5, 0.6) is 5.75 Å². The Labute approximate surface area is 119 Å². The van der Waals surface area contributed by atoms with E-state index in [1.165, 1.54) is 0 Å². The molecule has 1 aromatic carbocycles. The summed E-state index contributed by atoms with van der Waals surface area (Å²) in [5.74, 6) is 0.473. The molecular formula is C13H13BrN2O3. The number of halogens is 1. The van der Waals surface area contributed by atoms with E-state index in [0.29, 0.717) is 21.9 Å². The number of imidazole rings is 1. The zero-order valence-electron chi connectivity index (χ0n) is 10.6. The topological polar surface area (TPSA) is 64.3 Å². The summed E-state index contributed by atoms with van der Waals surface area (Å²) in [4.78, 5) is 15.2. The van der Waals surface area contributed by atoms with Gasteiger partial charge in [0.25, 0.3) is 0 Å². The Hall–Kier alpha value is -1.82. The fraction of sp³-hybridized carbons (Fsp3) is 0.231. The van der Waals surface area contributed by atoms with Crippen LogP contribution in [0.4, 0.5) is 0 Å². The minimum Gasteiger partial charge on any atom is -0.496 e. The van der Waals surface area contributed by atoms with E-state index in [9.17, 15) is 4.79 Å². The Morgan fingerprint density at radius 2 is 2.16 bits per heavy atom. The van der Waals surface area contributed by atoms with E-state index < -0.39 is 5.97 Å². The van der Waals surface area contributed by atoms with Gasteiger partial charge >= 0.3 is 5.97 Å². The fourth-order valence-electron chi connectivity index (χ4n) is 1.90. The highest BCUT2D eigenvalue weighted by Gasteiger charge is 2.18. The average Bonchev–Trinajstić information content (AvgIpc) is 2.66. The lowest BCUT2D eigenvalue weighted by atomic mass is 10.2. The largest absolute Gasteiger partial charge is 0.496 e. The number of hydrogen-bond acceptors (Lipinski definition) is 3. The van der Waals surface area contributed by atoms with E-state index >= 15 is 0 Å². The van der Waals surface area contributed by atoms with E-state index in [2.05, 4.69) is 20.9 Å². The standard InChI is InChI=1S/C13H13BrN2O3/c1-16-9(7-11(17)18)12(14)15-13(16)8-5-3-4-6-10(8)19-2/h3-6H,7H2,1-2H3,(H,17,18). The van der Waals surface area contributed by atoms with Gasteiger partial charge in [0.05, 0.1) is 24.8 Å². The molecule has 0 saturated heterocycles. The van der Waals surface area contributed by atoms with Crippen molar-refractivity contribution in [1.29, 1.82) is 0 Å². The Morgan fingerprint density at radius 1 is 1.47 bits per heavy atom. The number of nitrogens with zero attached hydrogens (tertiary/aromatic N) is 2. The molecule has 5 nitrogen and oxygen atoms in total. The zero-order valence-corrected chi connectivity index (χ0v) is 12.1. The molecule has 0 atom stereocenters. The number of hydrogen-bond donors (Lipinski definition) is 1. The van der Waals surface area contributed by atoms with Gasteiger partial charge in [-0.1, -0.05) is 12.1 Å². The molecule has 1 aromatic heterocycles. The number of methoxy groups -OCH3 is 1. The molecule has 100 valence electrons. The van der Waals surface area contributed by atoms with Crippen molar-refractivity contribution < 1.29 is 14.6 Å². The normalized spacial score (nSPS) is 10.5. The van der Waals surface area contributed by atoms with E-state index in [1.807, 2.05) is 24.3 Å². The van der Waals surface area contributed by atoms with Crippen molar-refractivity contribution in [3.63, 3.8) is 0 Å². The van der Waals surface area contributed by atoms with Gasteiger partial charge in [-0.2, -0.15) is 0 Å². The highest BCUT2D eigenvalue weighted by Crippen LogP contribution is 2.31. The van der Waals surface area contributed by atoms with Crippen molar-refractivity contribution in [1.82, 2.24) is 9.55 Å². The third-order valence-electron chi connectivity index (χ3n) is 2.83. The lowest BCUT2D eigenvalue weighted by Gasteiger charge is -2.08. The molecule has 0 bridgehead atoms. The molecule has 0 amide bonds. The monoisotopic (exact) mass is 324 g/mol. The quantitative estimate of drug-likeness (QED) is 0.938. The van der Waals surface area contributed by atoms with Crippen molar-refractivity contribution in [2.75, 3.05) is 7.11 Å². The summed E-state index contributed by atoms with van der Waals surface area (Å²) in [6.45, 7) is 0. The van der Waals surface area contributed by atoms with Crippen LogP contribution < -0.4 is 4.74 Å². The molecule has 1 N–H and O–H groups in total. The molecule has 19 heavy (non-hydrogen) atoms. The van der Waals surface area contributed by atoms with Crippen LogP contribution in [0.1, 0.15) is 5.69 Å². The van der Waals surface area contributed by atoms with E-state index in [4.69, 9.17) is 9.84 Å². The average molecular weight is 325 g/mol. The zero-order chi connectivity index (χ0) is 14.0. The maximum atomic E-state index is 10.9. The number of para-hydroxylation sites is 1. The second kappa shape index (κ2) is 5.44. The molecule has 0 spiro atoms. The minimum atomic E-state index is -0.893. The Balaban J connectivity index is 2.55. The first-order chi connectivity index (χ1) is 9.04. The number of carbonyl (C=O) groups is 1. The lowest BCUT2D eigenvalue weighted by molar-refractivity contribution is -0.136. The maximum absolute atomic E-state index is 10.9. The number of aromatic nitrogens is 2. The molecule has 0 aliphatic heterocycles. The molecule has 6 heteroatoms. The third-order valence-corrected chi connectivity index (χ3v) is 3.47. The molecule has 0 radical (unpaired) electrons. The fourth-order valence-corrected chi connectivity index (χ4v) is 2.48. The second-order valence-electron chi connectivity index (χ2n) is 4.00. The number of aliphatic carboxylic acids is 1. The second-order valence-corrected chi connectivity index (χ2v) is 4.75. The Morgan fingerprint density at radius 3 is 2.79 bits per heavy atom. The van der Waals surface area contributed by atoms with Gasteiger partial charge in [0, 0.05) is 7.05 Å². The summed E-state index contributed by atoms with van der Waals surface area (Å²) in [5, 5.41) is 8.91. The Bertz CT molecular complexity index is 622. The van der Waals surface area contributed by atoms with Crippen LogP contribution in [-0.2, 0) is 18.3 Å². The highest BCUT2D eigenvalue weighted by molar-refractivity contribution is 9.10. The summed E-state index contributed by atoms with van der Waals surface area (Å²) in [6.07, 6.45) is -0.0841. The molecule has 2 aromatic rings. The Kier molecular flexibility index (Phi) is 3.90. The van der Waals surface area contributed by atoms with Crippen molar-refractivity contribution >= 4 is 21.9 Å². The van der Waals surface area contributed by atoms with Crippen LogP contribution in [0, 0.1) is 0 Å². The number of ether oxygens (including phenoxy) is 1. The summed E-state index contributed by atoms with van der Waals surface area (Å²) in [5.41, 5.74) is 1.44.